The second-order valence-electron chi connectivity index (χ2n) is 9.25. The van der Waals surface area contributed by atoms with Gasteiger partial charge in [-0.05, 0) is 52.8 Å². The fourth-order valence-electron chi connectivity index (χ4n) is 3.78. The van der Waals surface area contributed by atoms with Crippen molar-refractivity contribution in [3.05, 3.63) is 95.1 Å². The molecule has 0 saturated carbocycles. The number of alkyl halides is 2. The molecule has 0 saturated heterocycles. The molecule has 0 aliphatic carbocycles. The van der Waals surface area contributed by atoms with Crippen molar-refractivity contribution < 1.29 is 18.3 Å². The Labute approximate surface area is 200 Å². The summed E-state index contributed by atoms with van der Waals surface area (Å²) >= 11 is 0. The average Bonchev–Trinajstić information content (AvgIpc) is 2.81. The van der Waals surface area contributed by atoms with Gasteiger partial charge in [-0.1, -0.05) is 69.3 Å². The van der Waals surface area contributed by atoms with Gasteiger partial charge in [-0.3, -0.25) is 4.79 Å². The van der Waals surface area contributed by atoms with Crippen molar-refractivity contribution in [1.82, 2.24) is 4.90 Å². The van der Waals surface area contributed by atoms with E-state index in [0.717, 1.165) is 16.8 Å². The Bertz CT molecular complexity index is 1090. The highest BCUT2D eigenvalue weighted by Gasteiger charge is 2.20. The van der Waals surface area contributed by atoms with Gasteiger partial charge in [-0.2, -0.15) is 8.78 Å². The molecule has 0 heterocycles. The molecule has 3 aromatic carbocycles. The number of para-hydroxylation sites is 1. The highest BCUT2D eigenvalue weighted by Crippen LogP contribution is 2.24. The molecule has 3 aromatic rings. The standard InChI is InChI=1S/C28H32F2N2O2/c1-28(2,3)22-14-12-21(13-15-22)19-32(26(33)24-10-5-6-11-25(24)31-4)17-16-20-8-7-9-23(18-20)34-27(29)30/h5-15,18,27,31H,16-17,19H2,1-4H3. The first-order chi connectivity index (χ1) is 16.2. The third-order valence-electron chi connectivity index (χ3n) is 5.70. The number of amides is 1. The number of benzene rings is 3. The number of halogens is 2. The molecule has 0 aliphatic heterocycles. The van der Waals surface area contributed by atoms with E-state index in [0.29, 0.717) is 25.1 Å². The summed E-state index contributed by atoms with van der Waals surface area (Å²) in [4.78, 5) is 15.3. The van der Waals surface area contributed by atoms with Crippen LogP contribution >= 0.6 is 0 Å². The Balaban J connectivity index is 1.84. The lowest BCUT2D eigenvalue weighted by Gasteiger charge is -2.25. The van der Waals surface area contributed by atoms with Gasteiger partial charge in [0.15, 0.2) is 0 Å². The number of nitrogens with zero attached hydrogens (tertiary/aromatic N) is 1. The molecular weight excluding hydrogens is 434 g/mol. The molecule has 4 nitrogen and oxygen atoms in total. The van der Waals surface area contributed by atoms with E-state index < -0.39 is 6.61 Å². The minimum atomic E-state index is -2.87. The summed E-state index contributed by atoms with van der Waals surface area (Å²) in [5.41, 5.74) is 4.47. The Morgan fingerprint density at radius 3 is 2.32 bits per heavy atom. The summed E-state index contributed by atoms with van der Waals surface area (Å²) in [5, 5.41) is 3.08. The van der Waals surface area contributed by atoms with Gasteiger partial charge in [0.2, 0.25) is 0 Å². The van der Waals surface area contributed by atoms with Crippen molar-refractivity contribution in [2.75, 3.05) is 18.9 Å². The largest absolute Gasteiger partial charge is 0.435 e. The number of nitrogens with one attached hydrogen (secondary N) is 1. The molecule has 0 aliphatic rings. The molecule has 0 fully saturated rings. The Hall–Kier alpha value is -3.41. The van der Waals surface area contributed by atoms with Crippen molar-refractivity contribution in [2.24, 2.45) is 0 Å². The zero-order valence-corrected chi connectivity index (χ0v) is 20.1. The van der Waals surface area contributed by atoms with E-state index >= 15 is 0 Å². The lowest BCUT2D eigenvalue weighted by Crippen LogP contribution is -2.33. The van der Waals surface area contributed by atoms with Crippen molar-refractivity contribution in [2.45, 2.75) is 45.8 Å². The third-order valence-corrected chi connectivity index (χ3v) is 5.70. The molecule has 0 atom stereocenters. The zero-order valence-electron chi connectivity index (χ0n) is 20.1. The summed E-state index contributed by atoms with van der Waals surface area (Å²) in [6, 6.07) is 22.3. The normalized spacial score (nSPS) is 11.4. The quantitative estimate of drug-likeness (QED) is 0.391. The topological polar surface area (TPSA) is 41.6 Å². The molecule has 1 amide bonds. The van der Waals surface area contributed by atoms with Crippen LogP contribution in [0.25, 0.3) is 0 Å². The van der Waals surface area contributed by atoms with Crippen molar-refractivity contribution in [3.8, 4) is 5.75 Å². The van der Waals surface area contributed by atoms with Crippen LogP contribution in [0.2, 0.25) is 0 Å². The van der Waals surface area contributed by atoms with Gasteiger partial charge in [0.1, 0.15) is 5.75 Å². The maximum Gasteiger partial charge on any atom is 0.387 e. The zero-order chi connectivity index (χ0) is 24.7. The fraction of sp³-hybridized carbons (Fsp3) is 0.321. The van der Waals surface area contributed by atoms with Crippen LogP contribution in [-0.2, 0) is 18.4 Å². The van der Waals surface area contributed by atoms with Crippen LogP contribution < -0.4 is 10.1 Å². The van der Waals surface area contributed by atoms with Gasteiger partial charge in [-0.15, -0.1) is 0 Å². The highest BCUT2D eigenvalue weighted by molar-refractivity contribution is 5.99. The van der Waals surface area contributed by atoms with Gasteiger partial charge in [-0.25, -0.2) is 0 Å². The predicted molar refractivity (Wildman–Crippen MR) is 133 cm³/mol. The van der Waals surface area contributed by atoms with Crippen LogP contribution in [0.3, 0.4) is 0 Å². The highest BCUT2D eigenvalue weighted by atomic mass is 19.3. The summed E-state index contributed by atoms with van der Waals surface area (Å²) in [5.74, 6) is 0.0218. The lowest BCUT2D eigenvalue weighted by atomic mass is 9.87. The van der Waals surface area contributed by atoms with Crippen molar-refractivity contribution in [1.29, 1.82) is 0 Å². The smallest absolute Gasteiger partial charge is 0.387 e. The van der Waals surface area contributed by atoms with E-state index in [1.165, 1.54) is 11.6 Å². The number of rotatable bonds is 9. The Morgan fingerprint density at radius 2 is 1.68 bits per heavy atom. The van der Waals surface area contributed by atoms with Gasteiger partial charge in [0.05, 0.1) is 5.56 Å². The molecule has 3 rings (SSSR count). The van der Waals surface area contributed by atoms with E-state index in [2.05, 4.69) is 55.1 Å². The number of ether oxygens (including phenoxy) is 1. The number of anilines is 1. The van der Waals surface area contributed by atoms with Gasteiger partial charge in [0, 0.05) is 25.8 Å². The van der Waals surface area contributed by atoms with E-state index in [-0.39, 0.29) is 17.1 Å². The molecular formula is C28H32F2N2O2. The van der Waals surface area contributed by atoms with Crippen molar-refractivity contribution in [3.63, 3.8) is 0 Å². The van der Waals surface area contributed by atoms with E-state index in [4.69, 9.17) is 0 Å². The molecule has 34 heavy (non-hydrogen) atoms. The Morgan fingerprint density at radius 1 is 0.971 bits per heavy atom. The van der Waals surface area contributed by atoms with Crippen LogP contribution in [0.15, 0.2) is 72.8 Å². The summed E-state index contributed by atoms with van der Waals surface area (Å²) < 4.78 is 29.7. The first kappa shape index (κ1) is 25.2. The molecule has 0 radical (unpaired) electrons. The minimum Gasteiger partial charge on any atom is -0.435 e. The van der Waals surface area contributed by atoms with Gasteiger partial charge < -0.3 is 15.0 Å². The first-order valence-corrected chi connectivity index (χ1v) is 11.4. The summed E-state index contributed by atoms with van der Waals surface area (Å²) in [6.45, 7) is 4.49. The van der Waals surface area contributed by atoms with E-state index in [1.54, 1.807) is 30.1 Å². The SMILES string of the molecule is CNc1ccccc1C(=O)N(CCc1cccc(OC(F)F)c1)Cc1ccc(C(C)(C)C)cc1. The maximum atomic E-state index is 13.6. The average molecular weight is 467 g/mol. The third kappa shape index (κ3) is 6.80. The van der Waals surface area contributed by atoms with Gasteiger partial charge in [0.25, 0.3) is 5.91 Å². The monoisotopic (exact) mass is 466 g/mol. The first-order valence-electron chi connectivity index (χ1n) is 11.4. The molecule has 1 N–H and O–H groups in total. The predicted octanol–water partition coefficient (Wildman–Crippen LogP) is 6.51. The van der Waals surface area contributed by atoms with E-state index in [9.17, 15) is 13.6 Å². The van der Waals surface area contributed by atoms with Gasteiger partial charge >= 0.3 is 6.61 Å². The van der Waals surface area contributed by atoms with Crippen LogP contribution in [-0.4, -0.2) is 31.0 Å². The number of hydrogen-bond acceptors (Lipinski definition) is 3. The second-order valence-corrected chi connectivity index (χ2v) is 9.25. The van der Waals surface area contributed by atoms with Crippen LogP contribution in [0.1, 0.15) is 47.8 Å². The fourth-order valence-corrected chi connectivity index (χ4v) is 3.78. The molecule has 180 valence electrons. The second kappa shape index (κ2) is 11.1. The molecule has 0 unspecified atom stereocenters. The number of carbonyl (C=O) groups is 1. The number of hydrogen-bond donors (Lipinski definition) is 1. The number of carbonyl (C=O) groups excluding carboxylic acids is 1. The van der Waals surface area contributed by atoms with Crippen LogP contribution in [0.4, 0.5) is 14.5 Å². The summed E-state index contributed by atoms with van der Waals surface area (Å²) in [7, 11) is 1.79. The van der Waals surface area contributed by atoms with Crippen LogP contribution in [0, 0.1) is 0 Å². The van der Waals surface area contributed by atoms with E-state index in [1.807, 2.05) is 24.3 Å². The molecule has 0 aromatic heterocycles. The van der Waals surface area contributed by atoms with Crippen molar-refractivity contribution >= 4 is 11.6 Å². The lowest BCUT2D eigenvalue weighted by molar-refractivity contribution is -0.0498. The maximum absolute atomic E-state index is 13.6. The Kier molecular flexibility index (Phi) is 8.26. The molecule has 0 bridgehead atoms. The molecule has 0 spiro atoms. The minimum absolute atomic E-state index is 0.0467. The summed E-state index contributed by atoms with van der Waals surface area (Å²) in [6.07, 6.45) is 0.508. The van der Waals surface area contributed by atoms with Crippen LogP contribution in [0.5, 0.6) is 5.75 Å². The molecule has 6 heteroatoms.